The Labute approximate surface area is 214 Å². The summed E-state index contributed by atoms with van der Waals surface area (Å²) in [5, 5.41) is 4.19. The van der Waals surface area contributed by atoms with Gasteiger partial charge in [0.2, 0.25) is 0 Å². The van der Waals surface area contributed by atoms with Crippen molar-refractivity contribution in [1.29, 1.82) is 0 Å². The van der Waals surface area contributed by atoms with Crippen molar-refractivity contribution in [1.82, 2.24) is 0 Å². The van der Waals surface area contributed by atoms with Crippen LogP contribution >= 0.6 is 17.2 Å². The average molecular weight is 499 g/mol. The van der Waals surface area contributed by atoms with Gasteiger partial charge in [-0.15, -0.1) is 0 Å². The maximum Gasteiger partial charge on any atom is 0.131 e. The van der Waals surface area contributed by atoms with Crippen molar-refractivity contribution in [3.8, 4) is 5.75 Å². The van der Waals surface area contributed by atoms with Crippen LogP contribution in [0, 0.1) is 13.8 Å². The van der Waals surface area contributed by atoms with E-state index in [-0.39, 0.29) is 5.41 Å². The lowest BCUT2D eigenvalue weighted by molar-refractivity contribution is 0.300. The van der Waals surface area contributed by atoms with E-state index in [0.29, 0.717) is 15.2 Å². The maximum atomic E-state index is 6.63. The standard InChI is InChI=1S/C32H36OP2/c1-23-19-28(32(3,4)5)30(33-21-25-14-8-6-9-15-25)29(20-23)35-31-24(2)13-12-16-26(31)22-34-27-17-10-7-11-18-27/h6-20,34-35H,21-22H2,1-5H3. The normalized spacial score (nSPS) is 12.1. The molecule has 4 aromatic carbocycles. The fraction of sp³-hybridized carbons (Fsp3) is 0.250. The van der Waals surface area contributed by atoms with E-state index in [1.165, 1.54) is 43.7 Å². The lowest BCUT2D eigenvalue weighted by Crippen LogP contribution is -2.20. The molecule has 0 aliphatic rings. The molecule has 2 atom stereocenters. The minimum atomic E-state index is 0.000522. The molecule has 0 aliphatic heterocycles. The summed E-state index contributed by atoms with van der Waals surface area (Å²) < 4.78 is 6.63. The Kier molecular flexibility index (Phi) is 8.43. The van der Waals surface area contributed by atoms with Crippen LogP contribution in [-0.2, 0) is 18.2 Å². The Morgan fingerprint density at radius 1 is 0.771 bits per heavy atom. The van der Waals surface area contributed by atoms with Gasteiger partial charge in [-0.25, -0.2) is 0 Å². The van der Waals surface area contributed by atoms with Crippen molar-refractivity contribution < 1.29 is 4.74 Å². The highest BCUT2D eigenvalue weighted by atomic mass is 31.1. The molecule has 0 aromatic heterocycles. The van der Waals surface area contributed by atoms with E-state index in [2.05, 4.69) is 126 Å². The van der Waals surface area contributed by atoms with E-state index in [9.17, 15) is 0 Å². The molecule has 0 fully saturated rings. The Balaban J connectivity index is 1.69. The predicted octanol–water partition coefficient (Wildman–Crippen LogP) is 7.31. The molecule has 0 spiro atoms. The van der Waals surface area contributed by atoms with Crippen LogP contribution in [0.3, 0.4) is 0 Å². The Morgan fingerprint density at radius 2 is 1.46 bits per heavy atom. The topological polar surface area (TPSA) is 9.23 Å². The molecule has 4 rings (SSSR count). The van der Waals surface area contributed by atoms with Crippen LogP contribution in [0.2, 0.25) is 0 Å². The van der Waals surface area contributed by atoms with Gasteiger partial charge in [-0.1, -0.05) is 123 Å². The minimum Gasteiger partial charge on any atom is -0.488 e. The number of benzene rings is 4. The summed E-state index contributed by atoms with van der Waals surface area (Å²) in [4.78, 5) is 0. The van der Waals surface area contributed by atoms with Crippen LogP contribution in [0.4, 0.5) is 0 Å². The summed E-state index contributed by atoms with van der Waals surface area (Å²) in [6.45, 7) is 11.9. The third kappa shape index (κ3) is 6.82. The smallest absolute Gasteiger partial charge is 0.131 e. The molecular formula is C32H36OP2. The van der Waals surface area contributed by atoms with Crippen molar-refractivity contribution in [3.63, 3.8) is 0 Å². The van der Waals surface area contributed by atoms with E-state index >= 15 is 0 Å². The van der Waals surface area contributed by atoms with Crippen LogP contribution in [0.1, 0.15) is 48.6 Å². The highest BCUT2D eigenvalue weighted by molar-refractivity contribution is 7.56. The van der Waals surface area contributed by atoms with Gasteiger partial charge in [-0.3, -0.25) is 0 Å². The molecule has 0 N–H and O–H groups in total. The molecule has 0 aliphatic carbocycles. The SMILES string of the molecule is Cc1cc(Pc2c(C)cccc2CPc2ccccc2)c(OCc2ccccc2)c(C(C)(C)C)c1. The van der Waals surface area contributed by atoms with Crippen molar-refractivity contribution in [2.75, 3.05) is 0 Å². The van der Waals surface area contributed by atoms with Gasteiger partial charge in [-0.05, 0) is 64.4 Å². The Bertz CT molecular complexity index is 1260. The van der Waals surface area contributed by atoms with E-state index in [4.69, 9.17) is 4.74 Å². The van der Waals surface area contributed by atoms with Gasteiger partial charge >= 0.3 is 0 Å². The number of aryl methyl sites for hydroxylation is 2. The molecule has 0 saturated heterocycles. The highest BCUT2D eigenvalue weighted by Gasteiger charge is 2.23. The molecule has 2 unspecified atom stereocenters. The van der Waals surface area contributed by atoms with Gasteiger partial charge in [0.25, 0.3) is 0 Å². The van der Waals surface area contributed by atoms with E-state index in [1.807, 2.05) is 0 Å². The Morgan fingerprint density at radius 3 is 2.14 bits per heavy atom. The first-order valence-corrected chi connectivity index (χ1v) is 14.5. The van der Waals surface area contributed by atoms with Gasteiger partial charge in [0.1, 0.15) is 12.4 Å². The molecule has 0 saturated carbocycles. The second-order valence-electron chi connectivity index (χ2n) is 10.2. The molecule has 0 radical (unpaired) electrons. The first-order valence-electron chi connectivity index (χ1n) is 12.3. The molecular weight excluding hydrogens is 462 g/mol. The molecule has 0 amide bonds. The van der Waals surface area contributed by atoms with Crippen molar-refractivity contribution in [3.05, 3.63) is 119 Å². The zero-order chi connectivity index (χ0) is 24.8. The molecule has 1 nitrogen and oxygen atoms in total. The second kappa shape index (κ2) is 11.5. The van der Waals surface area contributed by atoms with Crippen LogP contribution in [-0.4, -0.2) is 0 Å². The number of rotatable bonds is 8. The number of hydrogen-bond donors (Lipinski definition) is 0. The zero-order valence-corrected chi connectivity index (χ0v) is 23.5. The van der Waals surface area contributed by atoms with Gasteiger partial charge in [0.15, 0.2) is 0 Å². The first-order chi connectivity index (χ1) is 16.8. The second-order valence-corrected chi connectivity index (χ2v) is 12.7. The minimum absolute atomic E-state index is 0.000522. The highest BCUT2D eigenvalue weighted by Crippen LogP contribution is 2.35. The Hall–Kier alpha value is -2.46. The van der Waals surface area contributed by atoms with Crippen LogP contribution in [0.15, 0.2) is 91.0 Å². The lowest BCUT2D eigenvalue weighted by atomic mass is 9.85. The average Bonchev–Trinajstić information content (AvgIpc) is 2.84. The van der Waals surface area contributed by atoms with Crippen molar-refractivity contribution in [2.24, 2.45) is 0 Å². The summed E-state index contributed by atoms with van der Waals surface area (Å²) in [6, 6.07) is 32.7. The summed E-state index contributed by atoms with van der Waals surface area (Å²) in [6.07, 6.45) is 1.08. The van der Waals surface area contributed by atoms with E-state index in [1.54, 1.807) is 0 Å². The maximum absolute atomic E-state index is 6.63. The lowest BCUT2D eigenvalue weighted by Gasteiger charge is -2.26. The van der Waals surface area contributed by atoms with Gasteiger partial charge < -0.3 is 4.74 Å². The van der Waals surface area contributed by atoms with Crippen molar-refractivity contribution >= 4 is 33.1 Å². The van der Waals surface area contributed by atoms with E-state index < -0.39 is 0 Å². The largest absolute Gasteiger partial charge is 0.488 e. The predicted molar refractivity (Wildman–Crippen MR) is 158 cm³/mol. The third-order valence-corrected chi connectivity index (χ3v) is 9.05. The fourth-order valence-corrected chi connectivity index (χ4v) is 7.05. The molecule has 180 valence electrons. The molecule has 4 aromatic rings. The summed E-state index contributed by atoms with van der Waals surface area (Å²) in [5.74, 6) is 1.06. The first kappa shape index (κ1) is 25.6. The quantitative estimate of drug-likeness (QED) is 0.231. The van der Waals surface area contributed by atoms with Gasteiger partial charge in [0.05, 0.1) is 0 Å². The summed E-state index contributed by atoms with van der Waals surface area (Å²) in [7, 11) is 1.33. The van der Waals surface area contributed by atoms with Crippen LogP contribution in [0.5, 0.6) is 5.75 Å². The fourth-order valence-electron chi connectivity index (χ4n) is 4.25. The number of hydrogen-bond acceptors (Lipinski definition) is 1. The molecule has 0 heterocycles. The molecule has 0 bridgehead atoms. The van der Waals surface area contributed by atoms with Crippen molar-refractivity contribution in [2.45, 2.75) is 52.8 Å². The van der Waals surface area contributed by atoms with Crippen LogP contribution < -0.4 is 20.7 Å². The third-order valence-electron chi connectivity index (χ3n) is 6.14. The molecule has 3 heteroatoms. The number of ether oxygens (including phenoxy) is 1. The van der Waals surface area contributed by atoms with E-state index in [0.717, 1.165) is 20.5 Å². The monoisotopic (exact) mass is 498 g/mol. The van der Waals surface area contributed by atoms with Gasteiger partial charge in [-0.2, -0.15) is 0 Å². The van der Waals surface area contributed by atoms with Crippen LogP contribution in [0.25, 0.3) is 0 Å². The molecule has 35 heavy (non-hydrogen) atoms. The van der Waals surface area contributed by atoms with Gasteiger partial charge in [0, 0.05) is 10.9 Å². The zero-order valence-electron chi connectivity index (χ0n) is 21.5. The summed E-state index contributed by atoms with van der Waals surface area (Å²) >= 11 is 0. The summed E-state index contributed by atoms with van der Waals surface area (Å²) in [5.41, 5.74) is 6.61.